The van der Waals surface area contributed by atoms with Crippen LogP contribution < -0.4 is 4.57 Å². The van der Waals surface area contributed by atoms with E-state index >= 15 is 0 Å². The number of aromatic nitrogens is 1. The smallest absolute Gasteiger partial charge is 0.220 e. The van der Waals surface area contributed by atoms with Crippen molar-refractivity contribution in [2.75, 3.05) is 0 Å². The summed E-state index contributed by atoms with van der Waals surface area (Å²) >= 11 is 0. The molecule has 0 amide bonds. The molecule has 0 aliphatic carbocycles. The van der Waals surface area contributed by atoms with Crippen molar-refractivity contribution in [3.05, 3.63) is 42.6 Å². The van der Waals surface area contributed by atoms with Gasteiger partial charge in [-0.15, -0.1) is 0 Å². The first kappa shape index (κ1) is 13.5. The third kappa shape index (κ3) is 1.83. The number of aryl methyl sites for hydroxylation is 1. The molecular weight excluding hydrogens is 294 g/mol. The molecule has 4 aromatic rings. The molecule has 4 N–H and O–H groups in total. The largest absolute Gasteiger partial charge is 0.504 e. The molecule has 1 aromatic heterocycles. The third-order valence-corrected chi connectivity index (χ3v) is 4.21. The van der Waals surface area contributed by atoms with Crippen molar-refractivity contribution in [2.45, 2.75) is 0 Å². The molecule has 114 valence electrons. The third-order valence-electron chi connectivity index (χ3n) is 4.21. The van der Waals surface area contributed by atoms with Gasteiger partial charge < -0.3 is 20.4 Å². The second-order valence-corrected chi connectivity index (χ2v) is 5.69. The van der Waals surface area contributed by atoms with E-state index in [2.05, 4.69) is 0 Å². The quantitative estimate of drug-likeness (QED) is 0.229. The summed E-state index contributed by atoms with van der Waals surface area (Å²) in [5, 5.41) is 43.1. The minimum absolute atomic E-state index is 0.164. The fraction of sp³-hybridized carbons (Fsp3) is 0.0556. The second kappa shape index (κ2) is 4.39. The lowest BCUT2D eigenvalue weighted by atomic mass is 10.0. The summed E-state index contributed by atoms with van der Waals surface area (Å²) in [6.07, 6.45) is 1.85. The van der Waals surface area contributed by atoms with Crippen LogP contribution in [0.1, 0.15) is 0 Å². The molecule has 0 fully saturated rings. The van der Waals surface area contributed by atoms with Gasteiger partial charge in [0.25, 0.3) is 0 Å². The molecule has 5 nitrogen and oxygen atoms in total. The zero-order chi connectivity index (χ0) is 16.3. The second-order valence-electron chi connectivity index (χ2n) is 5.69. The number of fused-ring (bicyclic) bond motifs is 5. The first-order chi connectivity index (χ1) is 11.0. The first-order valence-corrected chi connectivity index (χ1v) is 7.08. The van der Waals surface area contributed by atoms with Crippen molar-refractivity contribution in [3.63, 3.8) is 0 Å². The summed E-state index contributed by atoms with van der Waals surface area (Å²) in [7, 11) is 1.87. The summed E-state index contributed by atoms with van der Waals surface area (Å²) < 4.78 is 1.90. The van der Waals surface area contributed by atoms with E-state index in [-0.39, 0.29) is 23.0 Å². The number of phenols is 4. The number of hydrogen-bond donors (Lipinski definition) is 4. The Morgan fingerprint density at radius 2 is 1.22 bits per heavy atom. The average Bonchev–Trinajstić information content (AvgIpc) is 2.50. The van der Waals surface area contributed by atoms with Gasteiger partial charge in [0.05, 0.1) is 16.2 Å². The van der Waals surface area contributed by atoms with Gasteiger partial charge in [0.2, 0.25) is 5.52 Å². The molecule has 0 unspecified atom stereocenters. The van der Waals surface area contributed by atoms with Crippen molar-refractivity contribution in [3.8, 4) is 23.0 Å². The van der Waals surface area contributed by atoms with Crippen LogP contribution in [-0.4, -0.2) is 20.4 Å². The van der Waals surface area contributed by atoms with Gasteiger partial charge in [0.15, 0.2) is 29.2 Å². The molecule has 5 heteroatoms. The number of hydrogen-bond acceptors (Lipinski definition) is 4. The van der Waals surface area contributed by atoms with Crippen LogP contribution in [-0.2, 0) is 7.05 Å². The van der Waals surface area contributed by atoms with E-state index in [4.69, 9.17) is 0 Å². The Morgan fingerprint density at radius 3 is 1.91 bits per heavy atom. The monoisotopic (exact) mass is 308 g/mol. The molecule has 0 saturated carbocycles. The van der Waals surface area contributed by atoms with Gasteiger partial charge in [-0.25, -0.2) is 0 Å². The molecule has 0 spiro atoms. The van der Waals surface area contributed by atoms with Gasteiger partial charge in [-0.05, 0) is 35.7 Å². The summed E-state index contributed by atoms with van der Waals surface area (Å²) in [6, 6.07) is 9.83. The maximum atomic E-state index is 9.83. The summed E-state index contributed by atoms with van der Waals surface area (Å²) in [5.74, 6) is -0.692. The van der Waals surface area contributed by atoms with Crippen molar-refractivity contribution >= 4 is 32.4 Å². The van der Waals surface area contributed by atoms with E-state index in [9.17, 15) is 20.4 Å². The highest BCUT2D eigenvalue weighted by atomic mass is 16.3. The molecule has 1 heterocycles. The summed E-state index contributed by atoms with van der Waals surface area (Å²) in [5.41, 5.74) is 0.857. The van der Waals surface area contributed by atoms with Gasteiger partial charge in [-0.1, -0.05) is 6.07 Å². The van der Waals surface area contributed by atoms with E-state index < -0.39 is 0 Å². The van der Waals surface area contributed by atoms with Gasteiger partial charge >= 0.3 is 0 Å². The summed E-state index contributed by atoms with van der Waals surface area (Å²) in [4.78, 5) is 0. The van der Waals surface area contributed by atoms with E-state index in [1.807, 2.05) is 29.9 Å². The van der Waals surface area contributed by atoms with Gasteiger partial charge in [-0.2, -0.15) is 4.57 Å². The Hall–Kier alpha value is -3.21. The molecule has 0 aliphatic heterocycles. The van der Waals surface area contributed by atoms with Gasteiger partial charge in [0, 0.05) is 5.39 Å². The van der Waals surface area contributed by atoms with Crippen molar-refractivity contribution in [2.24, 2.45) is 7.05 Å². The van der Waals surface area contributed by atoms with Gasteiger partial charge in [-0.3, -0.25) is 0 Å². The highest BCUT2D eigenvalue weighted by Gasteiger charge is 2.17. The van der Waals surface area contributed by atoms with Crippen molar-refractivity contribution < 1.29 is 25.0 Å². The molecule has 0 aliphatic rings. The van der Waals surface area contributed by atoms with Crippen LogP contribution in [0.4, 0.5) is 0 Å². The van der Waals surface area contributed by atoms with Crippen LogP contribution in [0.3, 0.4) is 0 Å². The van der Waals surface area contributed by atoms with E-state index in [1.54, 1.807) is 0 Å². The lowest BCUT2D eigenvalue weighted by Crippen LogP contribution is -2.28. The SMILES string of the molecule is C[n+]1cc2cc(O)c(O)cc2c2ccc3cc(O)c(O)cc3c21. The molecule has 0 bridgehead atoms. The number of phenolic OH excluding ortho intramolecular Hbond substituents is 4. The Kier molecular flexibility index (Phi) is 2.57. The van der Waals surface area contributed by atoms with E-state index in [0.717, 1.165) is 32.4 Å². The predicted molar refractivity (Wildman–Crippen MR) is 86.8 cm³/mol. The fourth-order valence-corrected chi connectivity index (χ4v) is 3.14. The molecule has 0 atom stereocenters. The minimum atomic E-state index is -0.182. The number of benzene rings is 3. The Morgan fingerprint density at radius 1 is 0.652 bits per heavy atom. The maximum absolute atomic E-state index is 9.83. The van der Waals surface area contributed by atoms with Crippen LogP contribution in [0.5, 0.6) is 23.0 Å². The molecule has 23 heavy (non-hydrogen) atoms. The van der Waals surface area contributed by atoms with Gasteiger partial charge in [0.1, 0.15) is 7.05 Å². The van der Waals surface area contributed by atoms with Crippen molar-refractivity contribution in [1.82, 2.24) is 0 Å². The summed E-state index contributed by atoms with van der Waals surface area (Å²) in [6.45, 7) is 0. The number of nitrogens with zero attached hydrogens (tertiary/aromatic N) is 1. The highest BCUT2D eigenvalue weighted by molar-refractivity contribution is 6.14. The highest BCUT2D eigenvalue weighted by Crippen LogP contribution is 2.37. The van der Waals surface area contributed by atoms with Crippen LogP contribution in [0, 0.1) is 0 Å². The Balaban J connectivity index is 2.27. The molecule has 4 rings (SSSR count). The average molecular weight is 308 g/mol. The number of rotatable bonds is 0. The molecule has 0 radical (unpaired) electrons. The standard InChI is InChI=1S/C18H13NO4/c1-19-8-10-5-15(21)16(22)6-12(10)11-3-2-9-4-14(20)17(23)7-13(9)18(11)19/h2-8H,1H3,(H3,20,21,22,23)/p+1. The van der Waals surface area contributed by atoms with Crippen LogP contribution in [0.2, 0.25) is 0 Å². The minimum Gasteiger partial charge on any atom is -0.504 e. The maximum Gasteiger partial charge on any atom is 0.220 e. The van der Waals surface area contributed by atoms with E-state index in [0.29, 0.717) is 0 Å². The van der Waals surface area contributed by atoms with Crippen molar-refractivity contribution in [1.29, 1.82) is 0 Å². The normalized spacial score (nSPS) is 11.5. The lowest BCUT2D eigenvalue weighted by Gasteiger charge is -2.08. The lowest BCUT2D eigenvalue weighted by molar-refractivity contribution is -0.642. The molecular formula is C18H14NO4+. The van der Waals surface area contributed by atoms with Crippen LogP contribution >= 0.6 is 0 Å². The zero-order valence-electron chi connectivity index (χ0n) is 12.3. The number of pyridine rings is 1. The zero-order valence-corrected chi connectivity index (χ0v) is 12.3. The van der Waals surface area contributed by atoms with Crippen LogP contribution in [0.25, 0.3) is 32.4 Å². The Bertz CT molecular complexity index is 1120. The fourth-order valence-electron chi connectivity index (χ4n) is 3.14. The van der Waals surface area contributed by atoms with Crippen LogP contribution in [0.15, 0.2) is 42.6 Å². The first-order valence-electron chi connectivity index (χ1n) is 7.08. The Labute approximate surface area is 130 Å². The molecule has 3 aromatic carbocycles. The number of aromatic hydroxyl groups is 4. The topological polar surface area (TPSA) is 84.8 Å². The predicted octanol–water partition coefficient (Wildman–Crippen LogP) is 2.79. The molecule has 0 saturated heterocycles. The van der Waals surface area contributed by atoms with E-state index in [1.165, 1.54) is 24.3 Å².